The molecule has 0 amide bonds. The number of hydrogen-bond acceptors (Lipinski definition) is 6. The van der Waals surface area contributed by atoms with Crippen LogP contribution in [0.2, 0.25) is 0 Å². The number of rotatable bonds is 6. The Morgan fingerprint density at radius 3 is 1.33 bits per heavy atom. The molecule has 4 rings (SSSR count). The van der Waals surface area contributed by atoms with E-state index in [0.717, 1.165) is 10.8 Å². The van der Waals surface area contributed by atoms with Gasteiger partial charge in [-0.3, -0.25) is 0 Å². The van der Waals surface area contributed by atoms with E-state index in [4.69, 9.17) is 8.37 Å². The van der Waals surface area contributed by atoms with Gasteiger partial charge in [-0.25, -0.2) is 8.37 Å². The summed E-state index contributed by atoms with van der Waals surface area (Å²) < 4.78 is 60.1. The summed E-state index contributed by atoms with van der Waals surface area (Å²) in [6, 6.07) is 23.4. The third kappa shape index (κ3) is 4.82. The summed E-state index contributed by atoms with van der Waals surface area (Å²) in [5.74, 6) is 0. The van der Waals surface area contributed by atoms with Crippen LogP contribution in [0, 0.1) is 0 Å². The fourth-order valence-electron chi connectivity index (χ4n) is 3.10. The Balaban J connectivity index is 0.00000256. The van der Waals surface area contributed by atoms with Crippen LogP contribution >= 0.6 is 0 Å². The fourth-order valence-corrected chi connectivity index (χ4v) is 5.17. The van der Waals surface area contributed by atoms with Crippen molar-refractivity contribution in [3.63, 3.8) is 0 Å². The Kier molecular flexibility index (Phi) is 7.44. The SMILES string of the molecule is O=S(=O)(OCOS(=O)(=O)c1cccc2ccccc12)c1cccc2ccccc12.[Ba]. The molecule has 0 aliphatic rings. The molecule has 0 unspecified atom stereocenters. The fraction of sp³-hybridized carbons (Fsp3) is 0.0476. The van der Waals surface area contributed by atoms with E-state index >= 15 is 0 Å². The van der Waals surface area contributed by atoms with Crippen molar-refractivity contribution < 1.29 is 25.2 Å². The third-order valence-electron chi connectivity index (χ3n) is 4.44. The molecule has 4 aromatic rings. The minimum atomic E-state index is -4.22. The molecule has 0 saturated carbocycles. The molecule has 6 nitrogen and oxygen atoms in total. The van der Waals surface area contributed by atoms with Gasteiger partial charge in [0.25, 0.3) is 20.2 Å². The van der Waals surface area contributed by atoms with Crippen LogP contribution in [0.25, 0.3) is 21.5 Å². The van der Waals surface area contributed by atoms with Crippen LogP contribution in [0.5, 0.6) is 0 Å². The largest absolute Gasteiger partial charge is 0.299 e. The Hall–Kier alpha value is -1.21. The minimum Gasteiger partial charge on any atom is -0.236 e. The zero-order valence-electron chi connectivity index (χ0n) is 15.8. The van der Waals surface area contributed by atoms with Crippen molar-refractivity contribution in [1.82, 2.24) is 0 Å². The van der Waals surface area contributed by atoms with Crippen LogP contribution in [0.1, 0.15) is 0 Å². The first kappa shape index (κ1) is 23.5. The van der Waals surface area contributed by atoms with E-state index in [1.807, 2.05) is 0 Å². The van der Waals surface area contributed by atoms with E-state index in [2.05, 4.69) is 0 Å². The van der Waals surface area contributed by atoms with Gasteiger partial charge in [-0.15, -0.1) is 0 Å². The average Bonchev–Trinajstić information content (AvgIpc) is 2.72. The van der Waals surface area contributed by atoms with Crippen LogP contribution in [0.3, 0.4) is 0 Å². The van der Waals surface area contributed by atoms with E-state index in [-0.39, 0.29) is 58.7 Å². The predicted molar refractivity (Wildman–Crippen MR) is 115 cm³/mol. The quantitative estimate of drug-likeness (QED) is 0.201. The first-order chi connectivity index (χ1) is 13.9. The molecule has 0 aromatic heterocycles. The third-order valence-corrected chi connectivity index (χ3v) is 7.05. The van der Waals surface area contributed by atoms with Gasteiger partial charge in [0.05, 0.1) is 0 Å². The Morgan fingerprint density at radius 2 is 0.900 bits per heavy atom. The van der Waals surface area contributed by atoms with Gasteiger partial charge in [0, 0.05) is 59.7 Å². The molecule has 0 bridgehead atoms. The zero-order chi connectivity index (χ0) is 20.5. The van der Waals surface area contributed by atoms with Gasteiger partial charge in [0.2, 0.25) is 0 Å². The van der Waals surface area contributed by atoms with E-state index in [1.54, 1.807) is 72.8 Å². The van der Waals surface area contributed by atoms with Gasteiger partial charge in [0.15, 0.2) is 6.79 Å². The molecule has 0 N–H and O–H groups in total. The topological polar surface area (TPSA) is 86.7 Å². The first-order valence-electron chi connectivity index (χ1n) is 8.63. The molecule has 0 fully saturated rings. The predicted octanol–water partition coefficient (Wildman–Crippen LogP) is 3.68. The molecular formula is C21H16BaO6S2. The summed E-state index contributed by atoms with van der Waals surface area (Å²) >= 11 is 0. The average molecular weight is 566 g/mol. The monoisotopic (exact) mass is 566 g/mol. The number of benzene rings is 4. The van der Waals surface area contributed by atoms with Crippen LogP contribution in [0.15, 0.2) is 94.7 Å². The van der Waals surface area contributed by atoms with E-state index in [0.29, 0.717) is 10.8 Å². The maximum Gasteiger partial charge on any atom is 0.299 e. The van der Waals surface area contributed by atoms with Gasteiger partial charge < -0.3 is 0 Å². The van der Waals surface area contributed by atoms with E-state index < -0.39 is 27.0 Å². The maximum atomic E-state index is 12.6. The van der Waals surface area contributed by atoms with Crippen molar-refractivity contribution in [2.24, 2.45) is 0 Å². The molecule has 4 aromatic carbocycles. The van der Waals surface area contributed by atoms with Crippen molar-refractivity contribution >= 4 is 90.7 Å². The second kappa shape index (κ2) is 9.51. The van der Waals surface area contributed by atoms with E-state index in [9.17, 15) is 16.8 Å². The summed E-state index contributed by atoms with van der Waals surface area (Å²) in [4.78, 5) is -0.108. The van der Waals surface area contributed by atoms with Crippen molar-refractivity contribution in [2.75, 3.05) is 6.79 Å². The van der Waals surface area contributed by atoms with Crippen molar-refractivity contribution in [3.8, 4) is 0 Å². The minimum absolute atomic E-state index is 0. The summed E-state index contributed by atoms with van der Waals surface area (Å²) in [5, 5.41) is 2.40. The smallest absolute Gasteiger partial charge is 0.236 e. The van der Waals surface area contributed by atoms with E-state index in [1.165, 1.54) is 12.1 Å². The molecule has 30 heavy (non-hydrogen) atoms. The maximum absolute atomic E-state index is 12.6. The summed E-state index contributed by atoms with van der Waals surface area (Å²) in [5.41, 5.74) is 0. The molecule has 0 aliphatic heterocycles. The van der Waals surface area contributed by atoms with Gasteiger partial charge in [0.1, 0.15) is 9.79 Å². The van der Waals surface area contributed by atoms with Gasteiger partial charge in [-0.05, 0) is 22.9 Å². The van der Waals surface area contributed by atoms with Crippen LogP contribution in [-0.2, 0) is 28.6 Å². The first-order valence-corrected chi connectivity index (χ1v) is 11.4. The number of fused-ring (bicyclic) bond motifs is 2. The zero-order valence-corrected chi connectivity index (χ0v) is 21.8. The van der Waals surface area contributed by atoms with Crippen molar-refractivity contribution in [3.05, 3.63) is 84.9 Å². The molecule has 9 heteroatoms. The Labute approximate surface area is 215 Å². The molecule has 0 spiro atoms. The molecule has 0 atom stereocenters. The van der Waals surface area contributed by atoms with Gasteiger partial charge in [-0.2, -0.15) is 16.8 Å². The Morgan fingerprint density at radius 1 is 0.533 bits per heavy atom. The Bertz CT molecular complexity index is 1300. The number of hydrogen-bond donors (Lipinski definition) is 0. The molecule has 0 saturated heterocycles. The summed E-state index contributed by atoms with van der Waals surface area (Å²) in [7, 11) is -8.45. The summed E-state index contributed by atoms with van der Waals surface area (Å²) in [6.07, 6.45) is 0. The second-order valence-corrected chi connectivity index (χ2v) is 9.38. The molecular weight excluding hydrogens is 550 g/mol. The van der Waals surface area contributed by atoms with Crippen molar-refractivity contribution in [1.29, 1.82) is 0 Å². The normalized spacial score (nSPS) is 12.0. The second-order valence-electron chi connectivity index (χ2n) is 6.22. The van der Waals surface area contributed by atoms with Crippen LogP contribution in [-0.4, -0.2) is 72.5 Å². The molecule has 150 valence electrons. The van der Waals surface area contributed by atoms with Gasteiger partial charge >= 0.3 is 0 Å². The van der Waals surface area contributed by atoms with Crippen LogP contribution < -0.4 is 0 Å². The standard InChI is InChI=1S/C21H16O6S2.Ba/c22-28(23,20-13-5-9-16-7-1-3-11-18(16)20)26-15-27-29(24,25)21-14-6-10-17-8-2-4-12-19(17)21;/h1-14H,15H2;. The molecule has 2 radical (unpaired) electrons. The molecule has 0 heterocycles. The molecule has 0 aliphatic carbocycles. The van der Waals surface area contributed by atoms with Gasteiger partial charge in [-0.1, -0.05) is 72.8 Å². The van der Waals surface area contributed by atoms with Crippen LogP contribution in [0.4, 0.5) is 0 Å². The summed E-state index contributed by atoms with van der Waals surface area (Å²) in [6.45, 7) is -0.961. The van der Waals surface area contributed by atoms with Crippen molar-refractivity contribution in [2.45, 2.75) is 9.79 Å².